The number of aliphatic imine (C=N–C) groups is 1. The average molecular weight is 405 g/mol. The first-order valence-corrected chi connectivity index (χ1v) is 8.25. The number of aliphatic hydroxyl groups is 2. The van der Waals surface area contributed by atoms with Crippen LogP contribution in [0.25, 0.3) is 0 Å². The van der Waals surface area contributed by atoms with Gasteiger partial charge in [0.1, 0.15) is 24.7 Å². The minimum absolute atomic E-state index is 0.0518. The summed E-state index contributed by atoms with van der Waals surface area (Å²) in [7, 11) is 0. The Morgan fingerprint density at radius 2 is 1.54 bits per heavy atom. The maximum absolute atomic E-state index is 12.3. The van der Waals surface area contributed by atoms with Crippen LogP contribution >= 0.6 is 0 Å². The number of hydrogen-bond acceptors (Lipinski definition) is 8. The highest BCUT2D eigenvalue weighted by molar-refractivity contribution is 5.93. The maximum atomic E-state index is 12.3. The van der Waals surface area contributed by atoms with Crippen LogP contribution in [0.4, 0.5) is 0 Å². The minimum Gasteiger partial charge on any atom is -0.480 e. The van der Waals surface area contributed by atoms with Crippen LogP contribution in [0.3, 0.4) is 0 Å². The van der Waals surface area contributed by atoms with E-state index in [4.69, 9.17) is 27.4 Å². The Labute approximate surface area is 160 Å². The Hall–Kier alpha value is -2.97. The van der Waals surface area contributed by atoms with Crippen molar-refractivity contribution in [2.45, 2.75) is 31.0 Å². The van der Waals surface area contributed by atoms with Crippen molar-refractivity contribution < 1.29 is 34.5 Å². The van der Waals surface area contributed by atoms with Gasteiger partial charge in [-0.1, -0.05) is 0 Å². The number of aliphatic carboxylic acids is 1. The molecule has 28 heavy (non-hydrogen) atoms. The fourth-order valence-electron chi connectivity index (χ4n) is 1.89. The number of carboxylic acid groups (broad SMARTS) is 1. The van der Waals surface area contributed by atoms with Gasteiger partial charge in [-0.3, -0.25) is 24.2 Å². The Bertz CT molecular complexity index is 580. The smallest absolute Gasteiger partial charge is 0.322 e. The molecule has 0 rings (SSSR count). The second-order valence-corrected chi connectivity index (χ2v) is 5.65. The fourth-order valence-corrected chi connectivity index (χ4v) is 1.89. The molecule has 12 N–H and O–H groups in total. The summed E-state index contributed by atoms with van der Waals surface area (Å²) in [6.45, 7) is -1.97. The Morgan fingerprint density at radius 1 is 0.929 bits per heavy atom. The molecular formula is C14H27N7O7. The molecule has 160 valence electrons. The van der Waals surface area contributed by atoms with Crippen molar-refractivity contribution >= 4 is 29.7 Å². The van der Waals surface area contributed by atoms with Crippen molar-refractivity contribution in [3.05, 3.63) is 0 Å². The maximum Gasteiger partial charge on any atom is 0.322 e. The Kier molecular flexibility index (Phi) is 11.8. The van der Waals surface area contributed by atoms with Gasteiger partial charge in [-0.05, 0) is 12.8 Å². The molecule has 0 saturated carbocycles. The van der Waals surface area contributed by atoms with Crippen molar-refractivity contribution in [2.24, 2.45) is 22.2 Å². The van der Waals surface area contributed by atoms with Crippen LogP contribution in [0.15, 0.2) is 4.99 Å². The van der Waals surface area contributed by atoms with Gasteiger partial charge >= 0.3 is 5.97 Å². The van der Waals surface area contributed by atoms with Crippen LogP contribution in [0.5, 0.6) is 0 Å². The van der Waals surface area contributed by atoms with Gasteiger partial charge in [-0.2, -0.15) is 0 Å². The van der Waals surface area contributed by atoms with Crippen molar-refractivity contribution in [1.82, 2.24) is 16.0 Å². The number of nitrogens with zero attached hydrogens (tertiary/aromatic N) is 1. The van der Waals surface area contributed by atoms with Crippen molar-refractivity contribution in [3.63, 3.8) is 0 Å². The van der Waals surface area contributed by atoms with E-state index < -0.39 is 61.6 Å². The standard InChI is InChI=1S/C14H27N7O7/c15-7(5-22)11(26)21-9(6-23)13(28)20-8(2-1-3-18-14(16)17)12(27)19-4-10(24)25/h7-9,22-23H,1-6,15H2,(H,19,27)(H,20,28)(H,21,26)(H,24,25)(H4,16,17,18). The monoisotopic (exact) mass is 405 g/mol. The molecule has 0 spiro atoms. The van der Waals surface area contributed by atoms with Crippen molar-refractivity contribution in [2.75, 3.05) is 26.3 Å². The molecule has 0 aromatic carbocycles. The highest BCUT2D eigenvalue weighted by Gasteiger charge is 2.27. The van der Waals surface area contributed by atoms with E-state index in [0.717, 1.165) is 0 Å². The van der Waals surface area contributed by atoms with E-state index in [2.05, 4.69) is 20.9 Å². The molecule has 3 atom stereocenters. The number of hydrogen-bond donors (Lipinski definition) is 9. The van der Waals surface area contributed by atoms with Gasteiger partial charge in [0, 0.05) is 6.54 Å². The molecule has 0 aliphatic carbocycles. The van der Waals surface area contributed by atoms with E-state index in [-0.39, 0.29) is 25.3 Å². The first-order chi connectivity index (χ1) is 13.1. The van der Waals surface area contributed by atoms with Crippen LogP contribution < -0.4 is 33.2 Å². The Balaban J connectivity index is 5.01. The third-order valence-corrected chi connectivity index (χ3v) is 3.34. The first kappa shape index (κ1) is 25.0. The number of guanidine groups is 1. The molecule has 3 amide bonds. The number of carbonyl (C=O) groups excluding carboxylic acids is 3. The third-order valence-electron chi connectivity index (χ3n) is 3.34. The summed E-state index contributed by atoms with van der Waals surface area (Å²) in [4.78, 5) is 50.4. The molecule has 0 radical (unpaired) electrons. The van der Waals surface area contributed by atoms with Crippen molar-refractivity contribution in [1.29, 1.82) is 0 Å². The minimum atomic E-state index is -1.43. The second-order valence-electron chi connectivity index (χ2n) is 5.65. The number of carbonyl (C=O) groups is 4. The summed E-state index contributed by atoms with van der Waals surface area (Å²) in [6, 6.07) is -3.90. The molecule has 0 aliphatic rings. The van der Waals surface area contributed by atoms with Gasteiger partial charge in [-0.15, -0.1) is 0 Å². The van der Waals surface area contributed by atoms with Gasteiger partial charge in [0.2, 0.25) is 17.7 Å². The molecule has 3 unspecified atom stereocenters. The topological polar surface area (TPSA) is 255 Å². The van der Waals surface area contributed by atoms with E-state index in [1.807, 2.05) is 0 Å². The SMILES string of the molecule is NC(N)=NCCCC(NC(=O)C(CO)NC(=O)C(N)CO)C(=O)NCC(=O)O. The van der Waals surface area contributed by atoms with Crippen LogP contribution in [0.1, 0.15) is 12.8 Å². The predicted octanol–water partition coefficient (Wildman–Crippen LogP) is -5.48. The van der Waals surface area contributed by atoms with Crippen LogP contribution in [-0.4, -0.2) is 89.4 Å². The number of nitrogens with two attached hydrogens (primary N) is 3. The van der Waals surface area contributed by atoms with Gasteiger partial charge in [0.15, 0.2) is 5.96 Å². The van der Waals surface area contributed by atoms with Crippen LogP contribution in [0, 0.1) is 0 Å². The molecule has 0 aromatic heterocycles. The fraction of sp³-hybridized carbons (Fsp3) is 0.643. The molecule has 14 heteroatoms. The largest absolute Gasteiger partial charge is 0.480 e. The quantitative estimate of drug-likeness (QED) is 0.0797. The summed E-state index contributed by atoms with van der Waals surface area (Å²) >= 11 is 0. The highest BCUT2D eigenvalue weighted by Crippen LogP contribution is 2.00. The van der Waals surface area contributed by atoms with Gasteiger partial charge in [-0.25, -0.2) is 0 Å². The first-order valence-electron chi connectivity index (χ1n) is 8.25. The molecule has 0 heterocycles. The number of rotatable bonds is 13. The average Bonchev–Trinajstić information content (AvgIpc) is 2.64. The summed E-state index contributed by atoms with van der Waals surface area (Å²) in [5, 5.41) is 33.3. The molecule has 0 aliphatic heterocycles. The second kappa shape index (κ2) is 13.2. The number of amides is 3. The summed E-state index contributed by atoms with van der Waals surface area (Å²) < 4.78 is 0. The number of carboxylic acids is 1. The summed E-state index contributed by atoms with van der Waals surface area (Å²) in [5.74, 6) is -4.00. The lowest BCUT2D eigenvalue weighted by atomic mass is 10.1. The van der Waals surface area contributed by atoms with Crippen molar-refractivity contribution in [3.8, 4) is 0 Å². The predicted molar refractivity (Wildman–Crippen MR) is 96.6 cm³/mol. The van der Waals surface area contributed by atoms with E-state index in [1.165, 1.54) is 0 Å². The highest BCUT2D eigenvalue weighted by atomic mass is 16.4. The lowest BCUT2D eigenvalue weighted by molar-refractivity contribution is -0.138. The molecule has 14 nitrogen and oxygen atoms in total. The van der Waals surface area contributed by atoms with E-state index in [9.17, 15) is 24.3 Å². The summed E-state index contributed by atoms with van der Waals surface area (Å²) in [6.07, 6.45) is 0.325. The normalized spacial score (nSPS) is 13.5. The van der Waals surface area contributed by atoms with Gasteiger partial charge < -0.3 is 48.5 Å². The van der Waals surface area contributed by atoms with Crippen LogP contribution in [-0.2, 0) is 19.2 Å². The van der Waals surface area contributed by atoms with E-state index >= 15 is 0 Å². The van der Waals surface area contributed by atoms with Crippen LogP contribution in [0.2, 0.25) is 0 Å². The molecule has 0 fully saturated rings. The lowest BCUT2D eigenvalue weighted by Gasteiger charge is -2.22. The summed E-state index contributed by atoms with van der Waals surface area (Å²) in [5.41, 5.74) is 15.7. The zero-order chi connectivity index (χ0) is 21.7. The molecular weight excluding hydrogens is 378 g/mol. The third kappa shape index (κ3) is 10.2. The van der Waals surface area contributed by atoms with Gasteiger partial charge in [0.25, 0.3) is 0 Å². The Morgan fingerprint density at radius 3 is 2.04 bits per heavy atom. The zero-order valence-corrected chi connectivity index (χ0v) is 15.1. The van der Waals surface area contributed by atoms with Gasteiger partial charge in [0.05, 0.1) is 13.2 Å². The molecule has 0 bridgehead atoms. The molecule has 0 aromatic rings. The molecule has 0 saturated heterocycles. The lowest BCUT2D eigenvalue weighted by Crippen LogP contribution is -2.57. The number of nitrogens with one attached hydrogen (secondary N) is 3. The number of aliphatic hydroxyl groups excluding tert-OH is 2. The van der Waals surface area contributed by atoms with E-state index in [0.29, 0.717) is 0 Å². The zero-order valence-electron chi connectivity index (χ0n) is 15.1. The van der Waals surface area contributed by atoms with E-state index in [1.54, 1.807) is 0 Å².